The maximum Gasteiger partial charge on any atom is 0.229 e. The summed E-state index contributed by atoms with van der Waals surface area (Å²) in [7, 11) is 0. The molecule has 0 N–H and O–H groups in total. The van der Waals surface area contributed by atoms with Crippen molar-refractivity contribution in [2.75, 3.05) is 18.0 Å². The molecule has 1 saturated heterocycles. The average molecular weight is 372 g/mol. The maximum atomic E-state index is 5.38. The first kappa shape index (κ1) is 17.4. The van der Waals surface area contributed by atoms with Gasteiger partial charge in [-0.2, -0.15) is 4.98 Å². The van der Waals surface area contributed by atoms with Crippen LogP contribution in [0.3, 0.4) is 0 Å². The number of hydrogen-bond donors (Lipinski definition) is 0. The summed E-state index contributed by atoms with van der Waals surface area (Å²) < 4.78 is 5.38. The van der Waals surface area contributed by atoms with Crippen molar-refractivity contribution in [2.45, 2.75) is 52.9 Å². The van der Waals surface area contributed by atoms with Crippen LogP contribution in [-0.4, -0.2) is 33.2 Å². The number of nitrogens with zero attached hydrogens (tertiary/aromatic N) is 5. The van der Waals surface area contributed by atoms with E-state index in [1.54, 1.807) is 11.3 Å². The summed E-state index contributed by atoms with van der Waals surface area (Å²) in [5.41, 5.74) is 1.38. The molecule has 26 heavy (non-hydrogen) atoms. The van der Waals surface area contributed by atoms with Gasteiger partial charge in [0.15, 0.2) is 5.82 Å². The van der Waals surface area contributed by atoms with E-state index in [1.807, 2.05) is 13.8 Å². The van der Waals surface area contributed by atoms with E-state index in [2.05, 4.69) is 39.3 Å². The van der Waals surface area contributed by atoms with Crippen molar-refractivity contribution in [2.24, 2.45) is 5.92 Å². The highest BCUT2D eigenvalue weighted by Crippen LogP contribution is 2.36. The Morgan fingerprint density at radius 3 is 2.58 bits per heavy atom. The third kappa shape index (κ3) is 3.32. The fraction of sp³-hybridized carbons (Fsp3) is 0.579. The van der Waals surface area contributed by atoms with Gasteiger partial charge in [0, 0.05) is 19.0 Å². The van der Waals surface area contributed by atoms with Crippen LogP contribution in [-0.2, 0) is 6.42 Å². The first-order chi connectivity index (χ1) is 12.5. The molecule has 1 fully saturated rings. The van der Waals surface area contributed by atoms with Gasteiger partial charge in [0.05, 0.1) is 5.39 Å². The van der Waals surface area contributed by atoms with Crippen LogP contribution in [0.15, 0.2) is 9.90 Å². The summed E-state index contributed by atoms with van der Waals surface area (Å²) in [6, 6.07) is 0. The van der Waals surface area contributed by atoms with Gasteiger partial charge < -0.3 is 9.42 Å². The predicted molar refractivity (Wildman–Crippen MR) is 104 cm³/mol. The average Bonchev–Trinajstić information content (AvgIpc) is 3.20. The Morgan fingerprint density at radius 2 is 1.92 bits per heavy atom. The van der Waals surface area contributed by atoms with Crippen molar-refractivity contribution in [3.63, 3.8) is 0 Å². The van der Waals surface area contributed by atoms with Crippen molar-refractivity contribution in [1.82, 2.24) is 20.1 Å². The van der Waals surface area contributed by atoms with E-state index >= 15 is 0 Å². The summed E-state index contributed by atoms with van der Waals surface area (Å²) in [5.74, 6) is 4.41. The van der Waals surface area contributed by atoms with Crippen LogP contribution in [0, 0.1) is 19.8 Å². The molecule has 6 nitrogen and oxygen atoms in total. The number of rotatable bonds is 4. The Balaban J connectivity index is 1.61. The van der Waals surface area contributed by atoms with Crippen molar-refractivity contribution in [1.29, 1.82) is 0 Å². The van der Waals surface area contributed by atoms with Crippen molar-refractivity contribution in [3.8, 4) is 0 Å². The number of thiophene rings is 1. The number of aryl methyl sites for hydroxylation is 2. The van der Waals surface area contributed by atoms with Crippen LogP contribution >= 0.6 is 11.3 Å². The number of piperidine rings is 1. The lowest BCUT2D eigenvalue weighted by molar-refractivity contribution is 0.327. The van der Waals surface area contributed by atoms with E-state index in [4.69, 9.17) is 9.51 Å². The first-order valence-electron chi connectivity index (χ1n) is 9.31. The summed E-state index contributed by atoms with van der Waals surface area (Å²) in [5, 5.41) is 7.45. The summed E-state index contributed by atoms with van der Waals surface area (Å²) in [6.45, 7) is 10.3. The zero-order valence-electron chi connectivity index (χ0n) is 15.8. The molecular formula is C19H25N5OS. The molecule has 0 saturated carbocycles. The van der Waals surface area contributed by atoms with Crippen molar-refractivity contribution >= 4 is 27.4 Å². The van der Waals surface area contributed by atoms with E-state index in [9.17, 15) is 0 Å². The van der Waals surface area contributed by atoms with Gasteiger partial charge in [-0.3, -0.25) is 0 Å². The number of fused-ring (bicyclic) bond motifs is 1. The van der Waals surface area contributed by atoms with Crippen LogP contribution in [0.1, 0.15) is 55.7 Å². The minimum absolute atomic E-state index is 0.350. The van der Waals surface area contributed by atoms with Crippen LogP contribution in [0.4, 0.5) is 5.82 Å². The van der Waals surface area contributed by atoms with Gasteiger partial charge >= 0.3 is 0 Å². The molecule has 0 aromatic carbocycles. The largest absolute Gasteiger partial charge is 0.356 e. The van der Waals surface area contributed by atoms with Gasteiger partial charge in [-0.05, 0) is 50.0 Å². The van der Waals surface area contributed by atoms with Crippen LogP contribution in [0.5, 0.6) is 0 Å². The van der Waals surface area contributed by atoms with E-state index < -0.39 is 0 Å². The standard InChI is InChI=1S/C19H25N5OS/c1-11(2)9-15-10-26-19-16(15)17(20-12(3)22-19)24-7-5-14(6-8-24)18-21-13(4)23-25-18/h10-11,14H,5-9H2,1-4H3. The fourth-order valence-electron chi connectivity index (χ4n) is 3.72. The third-order valence-corrected chi connectivity index (χ3v) is 5.84. The monoisotopic (exact) mass is 371 g/mol. The highest BCUT2D eigenvalue weighted by Gasteiger charge is 2.27. The molecule has 3 aromatic rings. The van der Waals surface area contributed by atoms with Crippen molar-refractivity contribution < 1.29 is 4.52 Å². The Bertz CT molecular complexity index is 908. The number of aromatic nitrogens is 4. The molecule has 0 aliphatic carbocycles. The SMILES string of the molecule is Cc1noc(C2CCN(c3nc(C)nc4scc(CC(C)C)c34)CC2)n1. The summed E-state index contributed by atoms with van der Waals surface area (Å²) in [6.07, 6.45) is 3.09. The van der Waals surface area contributed by atoms with Gasteiger partial charge in [0.2, 0.25) is 5.89 Å². The predicted octanol–water partition coefficient (Wildman–Crippen LogP) is 4.27. The minimum Gasteiger partial charge on any atom is -0.356 e. The second-order valence-corrected chi connectivity index (χ2v) is 8.43. The molecule has 138 valence electrons. The number of hydrogen-bond acceptors (Lipinski definition) is 7. The highest BCUT2D eigenvalue weighted by atomic mass is 32.1. The minimum atomic E-state index is 0.350. The Hall–Kier alpha value is -2.02. The van der Waals surface area contributed by atoms with Crippen LogP contribution in [0.25, 0.3) is 10.2 Å². The normalized spacial score (nSPS) is 16.1. The molecule has 7 heteroatoms. The molecule has 0 spiro atoms. The van der Waals surface area contributed by atoms with E-state index in [1.165, 1.54) is 10.9 Å². The first-order valence-corrected chi connectivity index (χ1v) is 10.2. The molecule has 1 aliphatic heterocycles. The van der Waals surface area contributed by atoms with E-state index in [-0.39, 0.29) is 0 Å². The lowest BCUT2D eigenvalue weighted by Crippen LogP contribution is -2.34. The summed E-state index contributed by atoms with van der Waals surface area (Å²) >= 11 is 1.74. The van der Waals surface area contributed by atoms with Gasteiger partial charge in [-0.25, -0.2) is 9.97 Å². The molecule has 0 bridgehead atoms. The molecule has 0 unspecified atom stereocenters. The Labute approximate surface area is 157 Å². The fourth-order valence-corrected chi connectivity index (χ4v) is 4.71. The zero-order valence-corrected chi connectivity index (χ0v) is 16.6. The lowest BCUT2D eigenvalue weighted by atomic mass is 9.96. The molecular weight excluding hydrogens is 346 g/mol. The summed E-state index contributed by atoms with van der Waals surface area (Å²) in [4.78, 5) is 17.4. The molecule has 1 aliphatic rings. The molecule has 0 atom stereocenters. The van der Waals surface area contributed by atoms with E-state index in [0.29, 0.717) is 17.7 Å². The number of anilines is 1. The molecule has 0 amide bonds. The van der Waals surface area contributed by atoms with Gasteiger partial charge in [-0.1, -0.05) is 19.0 Å². The maximum absolute atomic E-state index is 5.38. The van der Waals surface area contributed by atoms with Gasteiger partial charge in [0.25, 0.3) is 0 Å². The van der Waals surface area contributed by atoms with Gasteiger partial charge in [0.1, 0.15) is 16.5 Å². The molecule has 4 heterocycles. The van der Waals surface area contributed by atoms with Crippen LogP contribution < -0.4 is 4.90 Å². The third-order valence-electron chi connectivity index (χ3n) is 4.92. The molecule has 0 radical (unpaired) electrons. The quantitative estimate of drug-likeness (QED) is 0.682. The lowest BCUT2D eigenvalue weighted by Gasteiger charge is -2.32. The zero-order chi connectivity index (χ0) is 18.3. The second kappa shape index (κ2) is 6.95. The van der Waals surface area contributed by atoms with Crippen LogP contribution in [0.2, 0.25) is 0 Å². The highest BCUT2D eigenvalue weighted by molar-refractivity contribution is 7.17. The topological polar surface area (TPSA) is 67.9 Å². The second-order valence-electron chi connectivity index (χ2n) is 7.57. The van der Waals surface area contributed by atoms with E-state index in [0.717, 1.165) is 54.7 Å². The Morgan fingerprint density at radius 1 is 1.15 bits per heavy atom. The smallest absolute Gasteiger partial charge is 0.229 e. The molecule has 4 rings (SSSR count). The van der Waals surface area contributed by atoms with Gasteiger partial charge in [-0.15, -0.1) is 11.3 Å². The van der Waals surface area contributed by atoms with Crippen molar-refractivity contribution in [3.05, 3.63) is 28.5 Å². The molecule has 3 aromatic heterocycles. The Kier molecular flexibility index (Phi) is 4.65.